The van der Waals surface area contributed by atoms with Crippen molar-refractivity contribution in [3.63, 3.8) is 0 Å². The van der Waals surface area contributed by atoms with Crippen LogP contribution in [0.2, 0.25) is 0 Å². The second kappa shape index (κ2) is 9.82. The molecule has 0 spiro atoms. The van der Waals surface area contributed by atoms with E-state index in [1.54, 1.807) is 0 Å². The molecule has 0 saturated carbocycles. The number of ether oxygens (including phenoxy) is 1. The van der Waals surface area contributed by atoms with Crippen molar-refractivity contribution in [3.8, 4) is 5.75 Å². The fourth-order valence-corrected chi connectivity index (χ4v) is 2.29. The van der Waals surface area contributed by atoms with Crippen LogP contribution in [0.1, 0.15) is 65.0 Å². The summed E-state index contributed by atoms with van der Waals surface area (Å²) in [4.78, 5) is 0. The molecule has 0 aromatic heterocycles. The van der Waals surface area contributed by atoms with Gasteiger partial charge in [0.1, 0.15) is 5.75 Å². The lowest BCUT2D eigenvalue weighted by atomic mass is 9.92. The Bertz CT molecular complexity index is 347. The van der Waals surface area contributed by atoms with Gasteiger partial charge in [0.05, 0.1) is 6.61 Å². The van der Waals surface area contributed by atoms with Gasteiger partial charge in [0, 0.05) is 6.04 Å². The summed E-state index contributed by atoms with van der Waals surface area (Å²) in [5.74, 6) is 1.63. The number of rotatable bonds is 10. The fourth-order valence-electron chi connectivity index (χ4n) is 2.29. The van der Waals surface area contributed by atoms with Gasteiger partial charge in [-0.15, -0.1) is 0 Å². The van der Waals surface area contributed by atoms with E-state index >= 15 is 0 Å². The second-order valence-electron chi connectivity index (χ2n) is 5.59. The van der Waals surface area contributed by atoms with E-state index in [4.69, 9.17) is 4.74 Å². The standard InChI is InChI=1S/C18H31NO/c1-5-8-14-20-17-11-9-16(10-12-17)18(15(4)7-3)19-13-6-2/h9-12,15,18-19H,5-8,13-14H2,1-4H3. The predicted molar refractivity (Wildman–Crippen MR) is 87.3 cm³/mol. The zero-order chi connectivity index (χ0) is 14.8. The van der Waals surface area contributed by atoms with Crippen LogP contribution < -0.4 is 10.1 Å². The predicted octanol–water partition coefficient (Wildman–Crippen LogP) is 4.95. The minimum Gasteiger partial charge on any atom is -0.494 e. The van der Waals surface area contributed by atoms with Gasteiger partial charge in [0.2, 0.25) is 0 Å². The maximum Gasteiger partial charge on any atom is 0.119 e. The number of hydrogen-bond acceptors (Lipinski definition) is 2. The monoisotopic (exact) mass is 277 g/mol. The van der Waals surface area contributed by atoms with Crippen molar-refractivity contribution < 1.29 is 4.74 Å². The van der Waals surface area contributed by atoms with Crippen LogP contribution in [0.5, 0.6) is 5.75 Å². The third-order valence-electron chi connectivity index (χ3n) is 3.83. The summed E-state index contributed by atoms with van der Waals surface area (Å²) in [7, 11) is 0. The van der Waals surface area contributed by atoms with Gasteiger partial charge >= 0.3 is 0 Å². The van der Waals surface area contributed by atoms with Gasteiger partial charge in [-0.2, -0.15) is 0 Å². The molecule has 114 valence electrons. The van der Waals surface area contributed by atoms with Crippen molar-refractivity contribution >= 4 is 0 Å². The van der Waals surface area contributed by atoms with E-state index in [0.29, 0.717) is 12.0 Å². The van der Waals surface area contributed by atoms with Crippen LogP contribution in [-0.4, -0.2) is 13.2 Å². The lowest BCUT2D eigenvalue weighted by Gasteiger charge is -2.25. The molecule has 1 aromatic rings. The Morgan fingerprint density at radius 3 is 2.30 bits per heavy atom. The molecule has 1 N–H and O–H groups in total. The van der Waals surface area contributed by atoms with Crippen LogP contribution in [0.3, 0.4) is 0 Å². The number of unbranched alkanes of at least 4 members (excludes halogenated alkanes) is 1. The van der Waals surface area contributed by atoms with Gasteiger partial charge in [-0.1, -0.05) is 52.7 Å². The molecule has 0 amide bonds. The molecule has 0 aliphatic heterocycles. The number of hydrogen-bond donors (Lipinski definition) is 1. The highest BCUT2D eigenvalue weighted by Crippen LogP contribution is 2.26. The van der Waals surface area contributed by atoms with Crippen LogP contribution in [0.25, 0.3) is 0 Å². The second-order valence-corrected chi connectivity index (χ2v) is 5.59. The largest absolute Gasteiger partial charge is 0.494 e. The molecule has 2 atom stereocenters. The molecule has 1 aromatic carbocycles. The zero-order valence-corrected chi connectivity index (χ0v) is 13.6. The molecule has 0 radical (unpaired) electrons. The van der Waals surface area contributed by atoms with E-state index in [0.717, 1.165) is 25.3 Å². The average Bonchev–Trinajstić information content (AvgIpc) is 2.49. The summed E-state index contributed by atoms with van der Waals surface area (Å²) in [6.07, 6.45) is 4.66. The molecule has 20 heavy (non-hydrogen) atoms. The Morgan fingerprint density at radius 2 is 1.75 bits per heavy atom. The molecule has 2 heteroatoms. The smallest absolute Gasteiger partial charge is 0.119 e. The van der Waals surface area contributed by atoms with Crippen LogP contribution in [0, 0.1) is 5.92 Å². The maximum absolute atomic E-state index is 5.73. The average molecular weight is 277 g/mol. The Kier molecular flexibility index (Phi) is 8.36. The Morgan fingerprint density at radius 1 is 1.05 bits per heavy atom. The number of benzene rings is 1. The molecule has 0 bridgehead atoms. The van der Waals surface area contributed by atoms with E-state index in [9.17, 15) is 0 Å². The highest BCUT2D eigenvalue weighted by atomic mass is 16.5. The van der Waals surface area contributed by atoms with E-state index in [-0.39, 0.29) is 0 Å². The Balaban J connectivity index is 2.66. The van der Waals surface area contributed by atoms with Crippen LogP contribution in [0.4, 0.5) is 0 Å². The fraction of sp³-hybridized carbons (Fsp3) is 0.667. The van der Waals surface area contributed by atoms with Crippen LogP contribution >= 0.6 is 0 Å². The van der Waals surface area contributed by atoms with E-state index < -0.39 is 0 Å². The molecular formula is C18H31NO. The summed E-state index contributed by atoms with van der Waals surface area (Å²) < 4.78 is 5.73. The van der Waals surface area contributed by atoms with Crippen LogP contribution in [-0.2, 0) is 0 Å². The molecule has 2 unspecified atom stereocenters. The Labute approximate surface area is 124 Å². The van der Waals surface area contributed by atoms with Gasteiger partial charge < -0.3 is 10.1 Å². The molecule has 0 heterocycles. The minimum absolute atomic E-state index is 0.449. The van der Waals surface area contributed by atoms with E-state index in [2.05, 4.69) is 57.3 Å². The molecular weight excluding hydrogens is 246 g/mol. The van der Waals surface area contributed by atoms with Crippen molar-refractivity contribution in [1.29, 1.82) is 0 Å². The van der Waals surface area contributed by atoms with Gasteiger partial charge in [-0.05, 0) is 43.0 Å². The summed E-state index contributed by atoms with van der Waals surface area (Å²) in [6.45, 7) is 10.9. The van der Waals surface area contributed by atoms with E-state index in [1.165, 1.54) is 24.8 Å². The van der Waals surface area contributed by atoms with Gasteiger partial charge in [0.25, 0.3) is 0 Å². The summed E-state index contributed by atoms with van der Waals surface area (Å²) in [5.41, 5.74) is 1.37. The quantitative estimate of drug-likeness (QED) is 0.611. The molecule has 0 aliphatic carbocycles. The zero-order valence-electron chi connectivity index (χ0n) is 13.6. The highest BCUT2D eigenvalue weighted by Gasteiger charge is 2.16. The Hall–Kier alpha value is -1.02. The van der Waals surface area contributed by atoms with Crippen molar-refractivity contribution in [2.45, 2.75) is 59.4 Å². The van der Waals surface area contributed by atoms with Crippen molar-refractivity contribution in [2.75, 3.05) is 13.2 Å². The molecule has 0 aliphatic rings. The molecule has 2 nitrogen and oxygen atoms in total. The summed E-state index contributed by atoms with van der Waals surface area (Å²) >= 11 is 0. The van der Waals surface area contributed by atoms with E-state index in [1.807, 2.05) is 0 Å². The SMILES string of the molecule is CCCCOc1ccc(C(NCCC)C(C)CC)cc1. The lowest BCUT2D eigenvalue weighted by molar-refractivity contribution is 0.309. The topological polar surface area (TPSA) is 21.3 Å². The summed E-state index contributed by atoms with van der Waals surface area (Å²) in [5, 5.41) is 3.67. The van der Waals surface area contributed by atoms with Crippen molar-refractivity contribution in [1.82, 2.24) is 5.32 Å². The lowest BCUT2D eigenvalue weighted by Crippen LogP contribution is -2.27. The highest BCUT2D eigenvalue weighted by molar-refractivity contribution is 5.29. The number of nitrogens with one attached hydrogen (secondary N) is 1. The first-order valence-corrected chi connectivity index (χ1v) is 8.19. The maximum atomic E-state index is 5.73. The first-order chi connectivity index (χ1) is 9.72. The van der Waals surface area contributed by atoms with Gasteiger partial charge in [0.15, 0.2) is 0 Å². The molecule has 0 saturated heterocycles. The van der Waals surface area contributed by atoms with Crippen LogP contribution in [0.15, 0.2) is 24.3 Å². The first kappa shape index (κ1) is 17.0. The third-order valence-corrected chi connectivity index (χ3v) is 3.83. The minimum atomic E-state index is 0.449. The normalized spacial score (nSPS) is 14.0. The van der Waals surface area contributed by atoms with Crippen molar-refractivity contribution in [3.05, 3.63) is 29.8 Å². The van der Waals surface area contributed by atoms with Crippen molar-refractivity contribution in [2.24, 2.45) is 5.92 Å². The first-order valence-electron chi connectivity index (χ1n) is 8.19. The van der Waals surface area contributed by atoms with Gasteiger partial charge in [-0.25, -0.2) is 0 Å². The van der Waals surface area contributed by atoms with Gasteiger partial charge in [-0.3, -0.25) is 0 Å². The molecule has 0 fully saturated rings. The summed E-state index contributed by atoms with van der Waals surface area (Å²) in [6, 6.07) is 9.08. The third kappa shape index (κ3) is 5.54. The molecule has 1 rings (SSSR count).